The highest BCUT2D eigenvalue weighted by molar-refractivity contribution is 6.32. The maximum atomic E-state index is 12.9. The van der Waals surface area contributed by atoms with Crippen LogP contribution >= 0.6 is 11.6 Å². The molecule has 1 aromatic rings. The first-order valence-electron chi connectivity index (χ1n) is 10.9. The minimum absolute atomic E-state index is 0.0525. The fourth-order valence-corrected chi connectivity index (χ4v) is 5.06. The quantitative estimate of drug-likeness (QED) is 0.642. The lowest BCUT2D eigenvalue weighted by molar-refractivity contribution is -0.123. The number of hydrazine groups is 1. The fraction of sp³-hybridized carbons (Fsp3) is 0.591. The van der Waals surface area contributed by atoms with Crippen LogP contribution in [0.4, 0.5) is 5.82 Å². The highest BCUT2D eigenvalue weighted by Gasteiger charge is 2.31. The third kappa shape index (κ3) is 5.02. The van der Waals surface area contributed by atoms with Gasteiger partial charge in [0.2, 0.25) is 11.8 Å². The van der Waals surface area contributed by atoms with Crippen molar-refractivity contribution >= 4 is 34.8 Å². The molecular weight excluding hydrogens is 418 g/mol. The van der Waals surface area contributed by atoms with Crippen LogP contribution in [0.2, 0.25) is 5.02 Å². The second kappa shape index (κ2) is 9.54. The first-order chi connectivity index (χ1) is 14.9. The van der Waals surface area contributed by atoms with E-state index in [1.54, 1.807) is 13.3 Å². The second-order valence-electron chi connectivity index (χ2n) is 8.57. The van der Waals surface area contributed by atoms with Crippen LogP contribution in [0.15, 0.2) is 18.0 Å². The van der Waals surface area contributed by atoms with Crippen molar-refractivity contribution in [1.82, 2.24) is 20.7 Å². The largest absolute Gasteiger partial charge is 0.380 e. The Morgan fingerprint density at radius 3 is 2.94 bits per heavy atom. The molecule has 2 aliphatic heterocycles. The summed E-state index contributed by atoms with van der Waals surface area (Å²) < 4.78 is 5.50. The van der Waals surface area contributed by atoms with Crippen LogP contribution in [0, 0.1) is 5.92 Å². The van der Waals surface area contributed by atoms with Crippen LogP contribution in [0.3, 0.4) is 0 Å². The lowest BCUT2D eigenvalue weighted by Crippen LogP contribution is -2.42. The van der Waals surface area contributed by atoms with Gasteiger partial charge in [-0.05, 0) is 43.7 Å². The van der Waals surface area contributed by atoms with Crippen molar-refractivity contribution in [2.75, 3.05) is 25.5 Å². The molecule has 1 saturated carbocycles. The Morgan fingerprint density at radius 2 is 2.16 bits per heavy atom. The molecular formula is C22H30ClN5O3. The zero-order valence-electron chi connectivity index (χ0n) is 18.0. The van der Waals surface area contributed by atoms with Gasteiger partial charge in [-0.1, -0.05) is 18.0 Å². The van der Waals surface area contributed by atoms with E-state index in [9.17, 15) is 9.59 Å². The molecule has 1 unspecified atom stereocenters. The van der Waals surface area contributed by atoms with Gasteiger partial charge in [0, 0.05) is 50.0 Å². The van der Waals surface area contributed by atoms with E-state index >= 15 is 0 Å². The van der Waals surface area contributed by atoms with Gasteiger partial charge in [0.1, 0.15) is 5.82 Å². The highest BCUT2D eigenvalue weighted by Crippen LogP contribution is 2.36. The number of nitrogens with one attached hydrogen (secondary N) is 3. The summed E-state index contributed by atoms with van der Waals surface area (Å²) in [6.45, 7) is 3.00. The number of amides is 2. The maximum Gasteiger partial charge on any atom is 0.228 e. The number of fused-ring (bicyclic) bond motifs is 1. The summed E-state index contributed by atoms with van der Waals surface area (Å²) in [5, 5.41) is 8.62. The fourth-order valence-electron chi connectivity index (χ4n) is 4.84. The third-order valence-corrected chi connectivity index (χ3v) is 6.73. The van der Waals surface area contributed by atoms with Crippen LogP contribution in [-0.4, -0.2) is 54.2 Å². The molecule has 2 fully saturated rings. The molecule has 1 aliphatic carbocycles. The number of nitrogens with zero attached hydrogens (tertiary/aromatic N) is 2. The number of hydrogen-bond donors (Lipinski definition) is 3. The maximum absolute atomic E-state index is 12.9. The van der Waals surface area contributed by atoms with E-state index in [-0.39, 0.29) is 29.9 Å². The van der Waals surface area contributed by atoms with Crippen molar-refractivity contribution in [3.63, 3.8) is 0 Å². The molecule has 3 heterocycles. The molecule has 31 heavy (non-hydrogen) atoms. The first kappa shape index (κ1) is 22.0. The molecule has 2 amide bonds. The molecule has 0 spiro atoms. The van der Waals surface area contributed by atoms with Crippen molar-refractivity contribution < 1.29 is 14.3 Å². The zero-order chi connectivity index (χ0) is 22.0. The van der Waals surface area contributed by atoms with Gasteiger partial charge in [0.25, 0.3) is 0 Å². The number of carbonyl (C=O) groups excluding carboxylic acids is 2. The van der Waals surface area contributed by atoms with Crippen molar-refractivity contribution in [2.24, 2.45) is 5.92 Å². The summed E-state index contributed by atoms with van der Waals surface area (Å²) in [5.41, 5.74) is 6.67. The van der Waals surface area contributed by atoms with Crippen LogP contribution < -0.4 is 16.1 Å². The van der Waals surface area contributed by atoms with E-state index in [0.717, 1.165) is 49.8 Å². The minimum atomic E-state index is -0.137. The van der Waals surface area contributed by atoms with Gasteiger partial charge in [-0.15, -0.1) is 0 Å². The van der Waals surface area contributed by atoms with Crippen LogP contribution in [-0.2, 0) is 14.3 Å². The standard InChI is InChI=1S/C22H30ClN5O3/c1-13(29)26-15-5-3-4-14(8-15)22(30)27-21-9-17(19(23)11-24-21)18-10-25-28-12-16(31-2)6-7-20(18)28/h9,11,14-16,25H,3-8,10,12H2,1-2H3,(H,26,29)(H,24,27,30)/t14-,15+,16?/m0/s1. The van der Waals surface area contributed by atoms with E-state index in [4.69, 9.17) is 16.3 Å². The van der Waals surface area contributed by atoms with E-state index < -0.39 is 0 Å². The number of allylic oxidation sites excluding steroid dienone is 1. The van der Waals surface area contributed by atoms with E-state index in [0.29, 0.717) is 23.8 Å². The second-order valence-corrected chi connectivity index (χ2v) is 8.97. The Labute approximate surface area is 187 Å². The predicted octanol–water partition coefficient (Wildman–Crippen LogP) is 2.71. The zero-order valence-corrected chi connectivity index (χ0v) is 18.8. The topological polar surface area (TPSA) is 95.6 Å². The van der Waals surface area contributed by atoms with Crippen LogP contribution in [0.25, 0.3) is 5.57 Å². The van der Waals surface area contributed by atoms with Gasteiger partial charge < -0.3 is 20.4 Å². The van der Waals surface area contributed by atoms with E-state index in [2.05, 4.69) is 26.1 Å². The summed E-state index contributed by atoms with van der Waals surface area (Å²) in [6.07, 6.45) is 7.00. The van der Waals surface area contributed by atoms with Crippen molar-refractivity contribution in [3.8, 4) is 0 Å². The summed E-state index contributed by atoms with van der Waals surface area (Å²) in [5.74, 6) is 0.258. The Hall–Kier alpha value is -2.16. The van der Waals surface area contributed by atoms with E-state index in [1.165, 1.54) is 12.6 Å². The van der Waals surface area contributed by atoms with Gasteiger partial charge in [-0.3, -0.25) is 9.59 Å². The summed E-state index contributed by atoms with van der Waals surface area (Å²) in [6, 6.07) is 1.92. The Bertz CT molecular complexity index is 890. The number of piperidine rings is 1. The molecule has 168 valence electrons. The number of pyridine rings is 1. The molecule has 3 atom stereocenters. The van der Waals surface area contributed by atoms with Crippen LogP contribution in [0.1, 0.15) is 51.0 Å². The lowest BCUT2D eigenvalue weighted by atomic mass is 9.85. The molecule has 4 rings (SSSR count). The molecule has 0 aromatic carbocycles. The number of aromatic nitrogens is 1. The third-order valence-electron chi connectivity index (χ3n) is 6.43. The number of rotatable bonds is 5. The summed E-state index contributed by atoms with van der Waals surface area (Å²) >= 11 is 6.50. The molecule has 9 heteroatoms. The van der Waals surface area contributed by atoms with Gasteiger partial charge in [0.05, 0.1) is 17.7 Å². The number of anilines is 1. The SMILES string of the molecule is COC1CCC2=C(c3cc(NC(=O)[C@H]4CCC[C@@H](NC(C)=O)C4)ncc3Cl)CNN2C1. The molecule has 0 bridgehead atoms. The molecule has 3 aliphatic rings. The number of ether oxygens (including phenoxy) is 1. The minimum Gasteiger partial charge on any atom is -0.380 e. The smallest absolute Gasteiger partial charge is 0.228 e. The van der Waals surface area contributed by atoms with Gasteiger partial charge in [0.15, 0.2) is 0 Å². The Balaban J connectivity index is 1.47. The van der Waals surface area contributed by atoms with Gasteiger partial charge in [-0.25, -0.2) is 10.4 Å². The van der Waals surface area contributed by atoms with Crippen molar-refractivity contribution in [1.29, 1.82) is 0 Å². The highest BCUT2D eigenvalue weighted by atomic mass is 35.5. The Kier molecular flexibility index (Phi) is 6.79. The average molecular weight is 448 g/mol. The van der Waals surface area contributed by atoms with Crippen molar-refractivity contribution in [3.05, 3.63) is 28.5 Å². The molecule has 3 N–H and O–H groups in total. The lowest BCUT2D eigenvalue weighted by Gasteiger charge is -2.32. The number of halogens is 1. The number of methoxy groups -OCH3 is 1. The average Bonchev–Trinajstić information content (AvgIpc) is 3.17. The molecule has 8 nitrogen and oxygen atoms in total. The Morgan fingerprint density at radius 1 is 1.32 bits per heavy atom. The van der Waals surface area contributed by atoms with Gasteiger partial charge >= 0.3 is 0 Å². The first-order valence-corrected chi connectivity index (χ1v) is 11.3. The van der Waals surface area contributed by atoms with E-state index in [1.807, 2.05) is 6.07 Å². The monoisotopic (exact) mass is 447 g/mol. The number of carbonyl (C=O) groups is 2. The summed E-state index contributed by atoms with van der Waals surface area (Å²) in [4.78, 5) is 28.6. The molecule has 0 radical (unpaired) electrons. The molecule has 1 aromatic heterocycles. The van der Waals surface area contributed by atoms with Crippen molar-refractivity contribution in [2.45, 2.75) is 57.6 Å². The van der Waals surface area contributed by atoms with Gasteiger partial charge in [-0.2, -0.15) is 0 Å². The normalized spacial score (nSPS) is 25.9. The number of hydrogen-bond acceptors (Lipinski definition) is 6. The summed E-state index contributed by atoms with van der Waals surface area (Å²) in [7, 11) is 1.75. The predicted molar refractivity (Wildman–Crippen MR) is 119 cm³/mol. The molecule has 1 saturated heterocycles. The van der Waals surface area contributed by atoms with Crippen LogP contribution in [0.5, 0.6) is 0 Å².